The van der Waals surface area contributed by atoms with Gasteiger partial charge < -0.3 is 14.6 Å². The van der Waals surface area contributed by atoms with E-state index in [-0.39, 0.29) is 5.91 Å². The first kappa shape index (κ1) is 23.8. The van der Waals surface area contributed by atoms with Crippen molar-refractivity contribution in [1.82, 2.24) is 24.6 Å². The third-order valence-electron chi connectivity index (χ3n) is 4.64. The molecule has 0 saturated heterocycles. The highest BCUT2D eigenvalue weighted by molar-refractivity contribution is 7.12. The summed E-state index contributed by atoms with van der Waals surface area (Å²) in [5.74, 6) is -0.660. The van der Waals surface area contributed by atoms with Gasteiger partial charge in [0.2, 0.25) is 0 Å². The second-order valence-electron chi connectivity index (χ2n) is 7.02. The number of carboxylic acid groups (broad SMARTS) is 1. The minimum atomic E-state index is -5.08. The molecular formula is C18H24F3N5O3S. The van der Waals surface area contributed by atoms with Gasteiger partial charge in [0.15, 0.2) is 0 Å². The Bertz CT molecular complexity index is 852. The van der Waals surface area contributed by atoms with Crippen LogP contribution in [0.25, 0.3) is 0 Å². The average Bonchev–Trinajstić information content (AvgIpc) is 3.27. The Morgan fingerprint density at radius 3 is 2.47 bits per heavy atom. The van der Waals surface area contributed by atoms with E-state index in [1.807, 2.05) is 22.4 Å². The number of nitrogens with zero attached hydrogens (tertiary/aromatic N) is 5. The molecule has 12 heteroatoms. The summed E-state index contributed by atoms with van der Waals surface area (Å²) < 4.78 is 33.9. The van der Waals surface area contributed by atoms with Crippen molar-refractivity contribution >= 4 is 23.2 Å². The van der Waals surface area contributed by atoms with Crippen molar-refractivity contribution in [3.63, 3.8) is 0 Å². The van der Waals surface area contributed by atoms with E-state index in [0.717, 1.165) is 36.0 Å². The van der Waals surface area contributed by atoms with Gasteiger partial charge >= 0.3 is 12.1 Å². The quantitative estimate of drug-likeness (QED) is 0.775. The molecule has 1 aliphatic rings. The van der Waals surface area contributed by atoms with Crippen LogP contribution in [0.3, 0.4) is 0 Å². The van der Waals surface area contributed by atoms with Crippen LogP contribution >= 0.6 is 11.3 Å². The second-order valence-corrected chi connectivity index (χ2v) is 7.96. The molecule has 166 valence electrons. The van der Waals surface area contributed by atoms with Crippen LogP contribution in [-0.4, -0.2) is 73.9 Å². The number of carbonyl (C=O) groups is 2. The van der Waals surface area contributed by atoms with Crippen molar-refractivity contribution in [3.05, 3.63) is 34.0 Å². The Kier molecular flexibility index (Phi) is 7.96. The maximum Gasteiger partial charge on any atom is 0.490 e. The van der Waals surface area contributed by atoms with Crippen molar-refractivity contribution in [2.24, 2.45) is 0 Å². The maximum absolute atomic E-state index is 12.5. The molecule has 0 atom stereocenters. The van der Waals surface area contributed by atoms with Gasteiger partial charge in [0.1, 0.15) is 11.6 Å². The summed E-state index contributed by atoms with van der Waals surface area (Å²) >= 11 is 1.50. The first-order chi connectivity index (χ1) is 14.0. The summed E-state index contributed by atoms with van der Waals surface area (Å²) in [7, 11) is 2.09. The number of carbonyl (C=O) groups excluding carboxylic acids is 1. The molecule has 0 saturated carbocycles. The van der Waals surface area contributed by atoms with Gasteiger partial charge in [-0.25, -0.2) is 4.79 Å². The van der Waals surface area contributed by atoms with E-state index in [0.29, 0.717) is 19.1 Å². The summed E-state index contributed by atoms with van der Waals surface area (Å²) in [6.45, 7) is 7.29. The number of aliphatic carboxylic acids is 1. The van der Waals surface area contributed by atoms with E-state index < -0.39 is 12.1 Å². The van der Waals surface area contributed by atoms with Crippen molar-refractivity contribution in [2.75, 3.05) is 20.1 Å². The Balaban J connectivity index is 0.000000396. The largest absolute Gasteiger partial charge is 0.490 e. The third-order valence-corrected chi connectivity index (χ3v) is 5.49. The highest BCUT2D eigenvalue weighted by Gasteiger charge is 2.38. The molecule has 8 nitrogen and oxygen atoms in total. The maximum atomic E-state index is 12.5. The molecule has 0 radical (unpaired) electrons. The Labute approximate surface area is 175 Å². The number of rotatable bonds is 4. The van der Waals surface area contributed by atoms with E-state index in [9.17, 15) is 18.0 Å². The fraction of sp³-hybridized carbons (Fsp3) is 0.556. The molecule has 1 N–H and O–H groups in total. The third kappa shape index (κ3) is 6.26. The molecule has 1 aliphatic heterocycles. The number of fused-ring (bicyclic) bond motifs is 1. The molecule has 0 fully saturated rings. The number of hydrogen-bond donors (Lipinski definition) is 1. The summed E-state index contributed by atoms with van der Waals surface area (Å²) in [5, 5.41) is 17.8. The van der Waals surface area contributed by atoms with Gasteiger partial charge in [-0.3, -0.25) is 9.69 Å². The summed E-state index contributed by atoms with van der Waals surface area (Å²) in [6, 6.07) is 4.27. The smallest absolute Gasteiger partial charge is 0.475 e. The number of halogens is 3. The van der Waals surface area contributed by atoms with Crippen LogP contribution in [0.1, 0.15) is 35.2 Å². The van der Waals surface area contributed by atoms with Crippen LogP contribution in [0.5, 0.6) is 0 Å². The van der Waals surface area contributed by atoms with Crippen molar-refractivity contribution < 1.29 is 27.9 Å². The molecule has 1 amide bonds. The van der Waals surface area contributed by atoms with Crippen molar-refractivity contribution in [1.29, 1.82) is 0 Å². The number of carboxylic acids is 1. The van der Waals surface area contributed by atoms with Gasteiger partial charge in [-0.15, -0.1) is 21.5 Å². The van der Waals surface area contributed by atoms with Gasteiger partial charge in [0, 0.05) is 32.1 Å². The zero-order valence-corrected chi connectivity index (χ0v) is 17.7. The predicted octanol–water partition coefficient (Wildman–Crippen LogP) is 2.51. The average molecular weight is 447 g/mol. The van der Waals surface area contributed by atoms with Crippen LogP contribution in [0.4, 0.5) is 13.2 Å². The second kappa shape index (κ2) is 10.0. The molecule has 0 aromatic carbocycles. The molecule has 2 aromatic rings. The minimum absolute atomic E-state index is 0.125. The molecule has 0 unspecified atom stereocenters. The van der Waals surface area contributed by atoms with E-state index in [1.165, 1.54) is 11.3 Å². The molecular weight excluding hydrogens is 423 g/mol. The SMILES string of the molecule is CC(C)N(C)Cc1nnc2n1CCN(C(=O)c1cccs1)CC2.O=C(O)C(F)(F)F. The summed E-state index contributed by atoms with van der Waals surface area (Å²) in [5.41, 5.74) is 0. The molecule has 3 heterocycles. The van der Waals surface area contributed by atoms with Crippen LogP contribution in [-0.2, 0) is 24.3 Å². The van der Waals surface area contributed by atoms with E-state index in [1.54, 1.807) is 0 Å². The summed E-state index contributed by atoms with van der Waals surface area (Å²) in [6.07, 6.45) is -4.32. The molecule has 0 aliphatic carbocycles. The first-order valence-electron chi connectivity index (χ1n) is 9.24. The zero-order valence-electron chi connectivity index (χ0n) is 16.9. The van der Waals surface area contributed by atoms with Crippen LogP contribution in [0.2, 0.25) is 0 Å². The number of hydrogen-bond acceptors (Lipinski definition) is 6. The standard InChI is InChI=1S/C16H23N5OS.C2HF3O2/c1-12(2)19(3)11-15-18-17-14-6-7-20(8-9-21(14)15)16(22)13-5-4-10-23-13;3-2(4,5)1(6)7/h4-5,10,12H,6-9,11H2,1-3H3;(H,6,7). The lowest BCUT2D eigenvalue weighted by Gasteiger charge is -2.21. The summed E-state index contributed by atoms with van der Waals surface area (Å²) in [4.78, 5) is 26.4. The Hall–Kier alpha value is -2.47. The van der Waals surface area contributed by atoms with Gasteiger partial charge in [-0.2, -0.15) is 13.2 Å². The van der Waals surface area contributed by atoms with Crippen LogP contribution < -0.4 is 0 Å². The van der Waals surface area contributed by atoms with Crippen molar-refractivity contribution in [3.8, 4) is 0 Å². The lowest BCUT2D eigenvalue weighted by molar-refractivity contribution is -0.192. The molecule has 3 rings (SSSR count). The fourth-order valence-corrected chi connectivity index (χ4v) is 3.36. The zero-order chi connectivity index (χ0) is 22.5. The lowest BCUT2D eigenvalue weighted by atomic mass is 10.3. The van der Waals surface area contributed by atoms with Crippen molar-refractivity contribution in [2.45, 2.75) is 45.6 Å². The Morgan fingerprint density at radius 1 is 1.27 bits per heavy atom. The number of alkyl halides is 3. The van der Waals surface area contributed by atoms with E-state index in [2.05, 4.69) is 40.6 Å². The van der Waals surface area contributed by atoms with Gasteiger partial charge in [-0.1, -0.05) is 6.07 Å². The van der Waals surface area contributed by atoms with Gasteiger partial charge in [0.25, 0.3) is 5.91 Å². The Morgan fingerprint density at radius 2 is 1.93 bits per heavy atom. The monoisotopic (exact) mass is 447 g/mol. The normalized spacial score (nSPS) is 14.2. The molecule has 30 heavy (non-hydrogen) atoms. The van der Waals surface area contributed by atoms with Gasteiger partial charge in [-0.05, 0) is 32.3 Å². The predicted molar refractivity (Wildman–Crippen MR) is 104 cm³/mol. The fourth-order valence-electron chi connectivity index (χ4n) is 2.66. The number of aromatic nitrogens is 3. The van der Waals surface area contributed by atoms with Gasteiger partial charge in [0.05, 0.1) is 11.4 Å². The van der Waals surface area contributed by atoms with Crippen LogP contribution in [0.15, 0.2) is 17.5 Å². The topological polar surface area (TPSA) is 91.6 Å². The minimum Gasteiger partial charge on any atom is -0.475 e. The molecule has 2 aromatic heterocycles. The highest BCUT2D eigenvalue weighted by atomic mass is 32.1. The number of amides is 1. The van der Waals surface area contributed by atoms with Crippen LogP contribution in [0, 0.1) is 0 Å². The number of thiophene rings is 1. The molecule has 0 spiro atoms. The lowest BCUT2D eigenvalue weighted by Crippen LogP contribution is -2.33. The highest BCUT2D eigenvalue weighted by Crippen LogP contribution is 2.16. The van der Waals surface area contributed by atoms with E-state index in [4.69, 9.17) is 9.90 Å². The first-order valence-corrected chi connectivity index (χ1v) is 10.1. The van der Waals surface area contributed by atoms with E-state index >= 15 is 0 Å². The molecule has 0 bridgehead atoms.